The zero-order valence-corrected chi connectivity index (χ0v) is 15.5. The Labute approximate surface area is 158 Å². The molecule has 0 radical (unpaired) electrons. The number of aromatic nitrogens is 1. The highest BCUT2D eigenvalue weighted by Gasteiger charge is 2.31. The third kappa shape index (κ3) is 4.25. The van der Waals surface area contributed by atoms with Gasteiger partial charge < -0.3 is 4.90 Å². The van der Waals surface area contributed by atoms with Crippen LogP contribution in [0.25, 0.3) is 0 Å². The molecule has 1 aliphatic heterocycles. The number of rotatable bonds is 3. The molecule has 26 heavy (non-hydrogen) atoms. The molecular formula is C20H22FN3OS. The van der Waals surface area contributed by atoms with Crippen molar-refractivity contribution in [3.05, 3.63) is 65.7 Å². The molecule has 1 aromatic carbocycles. The van der Waals surface area contributed by atoms with Crippen molar-refractivity contribution in [3.63, 3.8) is 0 Å². The molecule has 6 heteroatoms. The number of benzene rings is 1. The van der Waals surface area contributed by atoms with Gasteiger partial charge >= 0.3 is 0 Å². The van der Waals surface area contributed by atoms with Crippen LogP contribution < -0.4 is 5.32 Å². The van der Waals surface area contributed by atoms with Crippen LogP contribution in [0.1, 0.15) is 48.1 Å². The molecule has 2 unspecified atom stereocenters. The highest BCUT2D eigenvalue weighted by Crippen LogP contribution is 2.34. The zero-order valence-electron chi connectivity index (χ0n) is 14.7. The number of pyridine rings is 1. The second kappa shape index (κ2) is 8.36. The molecule has 3 rings (SSSR count). The number of likely N-dealkylation sites (tertiary alicyclic amines) is 1. The molecule has 4 nitrogen and oxygen atoms in total. The van der Waals surface area contributed by atoms with Crippen molar-refractivity contribution >= 4 is 23.2 Å². The van der Waals surface area contributed by atoms with Crippen LogP contribution in [0.2, 0.25) is 0 Å². The predicted octanol–water partition coefficient (Wildman–Crippen LogP) is 4.10. The standard InChI is InChI=1S/C20H22FN3OS/c1-2-14-5-10-18(16-4-3-11-22-12-16)24(13-14)20(26)23-19(25)15-6-8-17(21)9-7-15/h3-4,6-9,11-12,14,18H,2,5,10,13H2,1H3,(H,23,25,26). The van der Waals surface area contributed by atoms with Gasteiger partial charge in [0, 0.05) is 24.5 Å². The van der Waals surface area contributed by atoms with Crippen molar-refractivity contribution in [1.29, 1.82) is 0 Å². The van der Waals surface area contributed by atoms with Gasteiger partial charge in [-0.3, -0.25) is 15.1 Å². The third-order valence-electron chi connectivity index (χ3n) is 4.91. The minimum atomic E-state index is -0.373. The summed E-state index contributed by atoms with van der Waals surface area (Å²) >= 11 is 5.55. The smallest absolute Gasteiger partial charge is 0.257 e. The summed E-state index contributed by atoms with van der Waals surface area (Å²) in [6.45, 7) is 2.98. The Hall–Kier alpha value is -2.34. The van der Waals surface area contributed by atoms with E-state index in [0.717, 1.165) is 31.4 Å². The molecule has 1 aliphatic rings. The van der Waals surface area contributed by atoms with E-state index in [1.165, 1.54) is 24.3 Å². The molecule has 2 aromatic rings. The fraction of sp³-hybridized carbons (Fsp3) is 0.350. The van der Waals surface area contributed by atoms with E-state index < -0.39 is 0 Å². The Morgan fingerprint density at radius 3 is 2.73 bits per heavy atom. The molecule has 1 N–H and O–H groups in total. The first kappa shape index (κ1) is 18.5. The van der Waals surface area contributed by atoms with Crippen molar-refractivity contribution in [2.75, 3.05) is 6.54 Å². The number of amides is 1. The predicted molar refractivity (Wildman–Crippen MR) is 103 cm³/mol. The molecule has 136 valence electrons. The number of halogens is 1. The normalized spacial score (nSPS) is 19.8. The van der Waals surface area contributed by atoms with Crippen molar-refractivity contribution in [2.45, 2.75) is 32.2 Å². The van der Waals surface area contributed by atoms with Crippen LogP contribution in [0.15, 0.2) is 48.8 Å². The summed E-state index contributed by atoms with van der Waals surface area (Å²) in [5, 5.41) is 3.21. The van der Waals surface area contributed by atoms with Gasteiger partial charge in [-0.1, -0.05) is 19.4 Å². The highest BCUT2D eigenvalue weighted by atomic mass is 32.1. The third-order valence-corrected chi connectivity index (χ3v) is 5.25. The average molecular weight is 371 g/mol. The molecular weight excluding hydrogens is 349 g/mol. The summed E-state index contributed by atoms with van der Waals surface area (Å²) in [4.78, 5) is 18.7. The Bertz CT molecular complexity index is 766. The molecule has 0 bridgehead atoms. The summed E-state index contributed by atoms with van der Waals surface area (Å²) in [6.07, 6.45) is 6.77. The fourth-order valence-electron chi connectivity index (χ4n) is 3.37. The van der Waals surface area contributed by atoms with E-state index in [0.29, 0.717) is 16.6 Å². The van der Waals surface area contributed by atoms with Crippen LogP contribution >= 0.6 is 12.2 Å². The van der Waals surface area contributed by atoms with Crippen molar-refractivity contribution in [1.82, 2.24) is 15.2 Å². The van der Waals surface area contributed by atoms with Crippen LogP contribution in [-0.2, 0) is 0 Å². The van der Waals surface area contributed by atoms with E-state index >= 15 is 0 Å². The summed E-state index contributed by atoms with van der Waals surface area (Å²) in [6, 6.07) is 9.51. The van der Waals surface area contributed by atoms with E-state index in [1.54, 1.807) is 6.20 Å². The summed E-state index contributed by atoms with van der Waals surface area (Å²) in [5.41, 5.74) is 1.48. The molecule has 0 saturated carbocycles. The quantitative estimate of drug-likeness (QED) is 0.825. The fourth-order valence-corrected chi connectivity index (χ4v) is 3.66. The number of piperidine rings is 1. The minimum Gasteiger partial charge on any atom is -0.342 e. The molecule has 0 aliphatic carbocycles. The van der Waals surface area contributed by atoms with Crippen molar-refractivity contribution in [3.8, 4) is 0 Å². The monoisotopic (exact) mass is 371 g/mol. The van der Waals surface area contributed by atoms with Crippen LogP contribution in [0.3, 0.4) is 0 Å². The number of nitrogens with one attached hydrogen (secondary N) is 1. The second-order valence-electron chi connectivity index (χ2n) is 6.57. The summed E-state index contributed by atoms with van der Waals surface area (Å²) in [5.74, 6) is -0.148. The molecule has 0 spiro atoms. The van der Waals surface area contributed by atoms with Crippen LogP contribution in [0, 0.1) is 11.7 Å². The Kier molecular flexibility index (Phi) is 5.93. The zero-order chi connectivity index (χ0) is 18.5. The summed E-state index contributed by atoms with van der Waals surface area (Å²) < 4.78 is 13.1. The summed E-state index contributed by atoms with van der Waals surface area (Å²) in [7, 11) is 0. The van der Waals surface area contributed by atoms with Gasteiger partial charge in [-0.2, -0.15) is 0 Å². The number of hydrogen-bond donors (Lipinski definition) is 1. The molecule has 1 amide bonds. The van der Waals surface area contributed by atoms with Crippen LogP contribution in [0.5, 0.6) is 0 Å². The second-order valence-corrected chi connectivity index (χ2v) is 6.96. The van der Waals surface area contributed by atoms with E-state index in [1.807, 2.05) is 18.3 Å². The van der Waals surface area contributed by atoms with Gasteiger partial charge in [0.25, 0.3) is 5.91 Å². The molecule has 1 fully saturated rings. The first-order valence-electron chi connectivity index (χ1n) is 8.86. The SMILES string of the molecule is CCC1CCC(c2cccnc2)N(C(=S)NC(=O)c2ccc(F)cc2)C1. The largest absolute Gasteiger partial charge is 0.342 e. The van der Waals surface area contributed by atoms with Gasteiger partial charge in [-0.05, 0) is 66.9 Å². The van der Waals surface area contributed by atoms with E-state index in [4.69, 9.17) is 12.2 Å². The maximum Gasteiger partial charge on any atom is 0.257 e. The lowest BCUT2D eigenvalue weighted by Gasteiger charge is -2.41. The van der Waals surface area contributed by atoms with Gasteiger partial charge in [0.1, 0.15) is 5.82 Å². The number of carbonyl (C=O) groups excluding carboxylic acids is 1. The van der Waals surface area contributed by atoms with E-state index in [2.05, 4.69) is 22.1 Å². The molecule has 2 heterocycles. The van der Waals surface area contributed by atoms with Gasteiger partial charge in [-0.15, -0.1) is 0 Å². The van der Waals surface area contributed by atoms with Gasteiger partial charge in [-0.25, -0.2) is 4.39 Å². The minimum absolute atomic E-state index is 0.104. The van der Waals surface area contributed by atoms with E-state index in [-0.39, 0.29) is 17.8 Å². The molecule has 2 atom stereocenters. The molecule has 1 saturated heterocycles. The Balaban J connectivity index is 1.76. The van der Waals surface area contributed by atoms with E-state index in [9.17, 15) is 9.18 Å². The Morgan fingerprint density at radius 1 is 1.31 bits per heavy atom. The Morgan fingerprint density at radius 2 is 2.08 bits per heavy atom. The van der Waals surface area contributed by atoms with Gasteiger partial charge in [0.2, 0.25) is 0 Å². The topological polar surface area (TPSA) is 45.2 Å². The maximum absolute atomic E-state index is 13.1. The number of nitrogens with zero attached hydrogens (tertiary/aromatic N) is 2. The first-order chi connectivity index (χ1) is 12.6. The number of carbonyl (C=O) groups is 1. The molecule has 1 aromatic heterocycles. The average Bonchev–Trinajstić information content (AvgIpc) is 2.68. The van der Waals surface area contributed by atoms with Gasteiger partial charge in [0.15, 0.2) is 5.11 Å². The van der Waals surface area contributed by atoms with Gasteiger partial charge in [0.05, 0.1) is 6.04 Å². The lowest BCUT2D eigenvalue weighted by atomic mass is 9.88. The van der Waals surface area contributed by atoms with Crippen LogP contribution in [0.4, 0.5) is 4.39 Å². The first-order valence-corrected chi connectivity index (χ1v) is 9.26. The maximum atomic E-state index is 13.1. The highest BCUT2D eigenvalue weighted by molar-refractivity contribution is 7.80. The number of thiocarbonyl (C=S) groups is 1. The lowest BCUT2D eigenvalue weighted by molar-refractivity contribution is 0.0965. The van der Waals surface area contributed by atoms with Crippen molar-refractivity contribution in [2.24, 2.45) is 5.92 Å². The lowest BCUT2D eigenvalue weighted by Crippen LogP contribution is -2.48. The van der Waals surface area contributed by atoms with Crippen LogP contribution in [-0.4, -0.2) is 27.4 Å². The number of hydrogen-bond acceptors (Lipinski definition) is 3. The van der Waals surface area contributed by atoms with Crippen molar-refractivity contribution < 1.29 is 9.18 Å².